The first kappa shape index (κ1) is 12.0. The Balaban J connectivity index is 2.63. The van der Waals surface area contributed by atoms with E-state index in [0.29, 0.717) is 16.8 Å². The summed E-state index contributed by atoms with van der Waals surface area (Å²) < 4.78 is 10.8. The highest BCUT2D eigenvalue weighted by Gasteiger charge is 2.10. The van der Waals surface area contributed by atoms with Gasteiger partial charge in [-0.15, -0.1) is 0 Å². The Kier molecular flexibility index (Phi) is 3.38. The fraction of sp³-hybridized carbons (Fsp3) is 0.308. The summed E-state index contributed by atoms with van der Waals surface area (Å²) in [6.07, 6.45) is 0.0622. The quantitative estimate of drug-likeness (QED) is 0.834. The number of halogens is 1. The molecule has 0 bridgehead atoms. The topological polar surface area (TPSA) is 31.4 Å². The van der Waals surface area contributed by atoms with E-state index < -0.39 is 0 Å². The van der Waals surface area contributed by atoms with Crippen molar-refractivity contribution in [1.82, 2.24) is 4.98 Å². The van der Waals surface area contributed by atoms with Gasteiger partial charge in [0.25, 0.3) is 0 Å². The highest BCUT2D eigenvalue weighted by Crippen LogP contribution is 2.32. The molecule has 1 aromatic carbocycles. The van der Waals surface area contributed by atoms with Gasteiger partial charge in [-0.3, -0.25) is 0 Å². The third-order valence-electron chi connectivity index (χ3n) is 2.31. The van der Waals surface area contributed by atoms with Crippen LogP contribution >= 0.6 is 11.6 Å². The van der Waals surface area contributed by atoms with Gasteiger partial charge in [-0.25, -0.2) is 0 Å². The molecule has 17 heavy (non-hydrogen) atoms. The highest BCUT2D eigenvalue weighted by molar-refractivity contribution is 6.35. The maximum absolute atomic E-state index is 6.16. The molecule has 0 aliphatic carbocycles. The van der Waals surface area contributed by atoms with Crippen molar-refractivity contribution >= 4 is 22.4 Å². The van der Waals surface area contributed by atoms with Crippen LogP contribution in [0.5, 0.6) is 11.8 Å². The summed E-state index contributed by atoms with van der Waals surface area (Å²) in [6, 6.07) is 7.46. The minimum atomic E-state index is 0.0622. The minimum absolute atomic E-state index is 0.0622. The van der Waals surface area contributed by atoms with Crippen molar-refractivity contribution in [1.29, 1.82) is 0 Å². The Morgan fingerprint density at radius 2 is 2.00 bits per heavy atom. The average Bonchev–Trinajstić information content (AvgIpc) is 2.28. The predicted molar refractivity (Wildman–Crippen MR) is 69.1 cm³/mol. The van der Waals surface area contributed by atoms with Gasteiger partial charge in [-0.2, -0.15) is 4.98 Å². The van der Waals surface area contributed by atoms with Crippen LogP contribution in [0.4, 0.5) is 0 Å². The van der Waals surface area contributed by atoms with E-state index in [0.717, 1.165) is 10.8 Å². The lowest BCUT2D eigenvalue weighted by Crippen LogP contribution is -2.07. The molecular formula is C13H14ClNO2. The van der Waals surface area contributed by atoms with E-state index in [1.807, 2.05) is 38.1 Å². The van der Waals surface area contributed by atoms with E-state index in [1.54, 1.807) is 7.11 Å². The van der Waals surface area contributed by atoms with E-state index in [2.05, 4.69) is 4.98 Å². The molecule has 2 aromatic rings. The number of hydrogen-bond donors (Lipinski definition) is 0. The second-order valence-electron chi connectivity index (χ2n) is 3.97. The molecule has 3 nitrogen and oxygen atoms in total. The summed E-state index contributed by atoms with van der Waals surface area (Å²) in [7, 11) is 1.59. The standard InChI is InChI=1S/C13H14ClNO2/c1-8(2)17-12-7-10-9(13(15-12)16-3)5-4-6-11(10)14/h4-8H,1-3H3. The molecule has 1 heterocycles. The van der Waals surface area contributed by atoms with Crippen LogP contribution in [0.15, 0.2) is 24.3 Å². The summed E-state index contributed by atoms with van der Waals surface area (Å²) in [5.41, 5.74) is 0. The van der Waals surface area contributed by atoms with Crippen molar-refractivity contribution in [2.24, 2.45) is 0 Å². The number of hydrogen-bond acceptors (Lipinski definition) is 3. The van der Waals surface area contributed by atoms with Crippen molar-refractivity contribution in [3.05, 3.63) is 29.3 Å². The van der Waals surface area contributed by atoms with E-state index in [-0.39, 0.29) is 6.10 Å². The largest absolute Gasteiger partial charge is 0.480 e. The van der Waals surface area contributed by atoms with Crippen LogP contribution < -0.4 is 9.47 Å². The number of aromatic nitrogens is 1. The summed E-state index contributed by atoms with van der Waals surface area (Å²) in [6.45, 7) is 3.90. The second kappa shape index (κ2) is 4.80. The van der Waals surface area contributed by atoms with Gasteiger partial charge >= 0.3 is 0 Å². The lowest BCUT2D eigenvalue weighted by molar-refractivity contribution is 0.230. The van der Waals surface area contributed by atoms with Crippen LogP contribution in [0.3, 0.4) is 0 Å². The summed E-state index contributed by atoms with van der Waals surface area (Å²) >= 11 is 6.16. The molecule has 0 unspecified atom stereocenters. The maximum Gasteiger partial charge on any atom is 0.224 e. The molecule has 90 valence electrons. The summed E-state index contributed by atoms with van der Waals surface area (Å²) in [5, 5.41) is 2.43. The molecule has 0 aliphatic rings. The number of ether oxygens (including phenoxy) is 2. The van der Waals surface area contributed by atoms with Gasteiger partial charge in [0.05, 0.1) is 13.2 Å². The maximum atomic E-state index is 6.16. The fourth-order valence-electron chi connectivity index (χ4n) is 1.64. The smallest absolute Gasteiger partial charge is 0.224 e. The highest BCUT2D eigenvalue weighted by atomic mass is 35.5. The van der Waals surface area contributed by atoms with Gasteiger partial charge in [0.2, 0.25) is 11.8 Å². The SMILES string of the molecule is COc1nc(OC(C)C)cc2c(Cl)cccc12. The Bertz CT molecular complexity index is 540. The minimum Gasteiger partial charge on any atom is -0.480 e. The summed E-state index contributed by atoms with van der Waals surface area (Å²) in [5.74, 6) is 1.05. The van der Waals surface area contributed by atoms with Crippen LogP contribution in [-0.2, 0) is 0 Å². The molecular weight excluding hydrogens is 238 g/mol. The monoisotopic (exact) mass is 251 g/mol. The third kappa shape index (κ3) is 2.44. The van der Waals surface area contributed by atoms with Gasteiger partial charge in [-0.1, -0.05) is 17.7 Å². The molecule has 1 aromatic heterocycles. The Morgan fingerprint density at radius 1 is 1.24 bits per heavy atom. The average molecular weight is 252 g/mol. The second-order valence-corrected chi connectivity index (χ2v) is 4.38. The number of methoxy groups -OCH3 is 1. The third-order valence-corrected chi connectivity index (χ3v) is 2.64. The first-order valence-corrected chi connectivity index (χ1v) is 5.79. The summed E-state index contributed by atoms with van der Waals surface area (Å²) in [4.78, 5) is 4.30. The normalized spacial score (nSPS) is 10.9. The molecule has 0 N–H and O–H groups in total. The van der Waals surface area contributed by atoms with Crippen LogP contribution in [0.1, 0.15) is 13.8 Å². The molecule has 0 amide bonds. The van der Waals surface area contributed by atoms with Crippen molar-refractivity contribution in [3.8, 4) is 11.8 Å². The number of rotatable bonds is 3. The Morgan fingerprint density at radius 3 is 2.65 bits per heavy atom. The van der Waals surface area contributed by atoms with E-state index in [1.165, 1.54) is 0 Å². The fourth-order valence-corrected chi connectivity index (χ4v) is 1.87. The molecule has 4 heteroatoms. The van der Waals surface area contributed by atoms with E-state index in [4.69, 9.17) is 21.1 Å². The van der Waals surface area contributed by atoms with Crippen LogP contribution in [0.2, 0.25) is 5.02 Å². The molecule has 2 rings (SSSR count). The van der Waals surface area contributed by atoms with Gasteiger partial charge < -0.3 is 9.47 Å². The van der Waals surface area contributed by atoms with E-state index in [9.17, 15) is 0 Å². The zero-order valence-corrected chi connectivity index (χ0v) is 10.8. The van der Waals surface area contributed by atoms with Gasteiger partial charge in [0.15, 0.2) is 0 Å². The molecule has 0 saturated heterocycles. The number of benzene rings is 1. The zero-order valence-electron chi connectivity index (χ0n) is 10.0. The molecule has 0 aliphatic heterocycles. The molecule has 0 radical (unpaired) electrons. The molecule has 0 atom stereocenters. The van der Waals surface area contributed by atoms with Crippen LogP contribution in [0.25, 0.3) is 10.8 Å². The van der Waals surface area contributed by atoms with Crippen molar-refractivity contribution in [2.45, 2.75) is 20.0 Å². The van der Waals surface area contributed by atoms with Gasteiger partial charge in [-0.05, 0) is 26.0 Å². The molecule has 0 spiro atoms. The first-order chi connectivity index (χ1) is 8.11. The van der Waals surface area contributed by atoms with Crippen LogP contribution in [-0.4, -0.2) is 18.2 Å². The van der Waals surface area contributed by atoms with Gasteiger partial charge in [0, 0.05) is 21.9 Å². The van der Waals surface area contributed by atoms with E-state index >= 15 is 0 Å². The first-order valence-electron chi connectivity index (χ1n) is 5.41. The zero-order chi connectivity index (χ0) is 12.4. The lowest BCUT2D eigenvalue weighted by atomic mass is 10.1. The number of pyridine rings is 1. The lowest BCUT2D eigenvalue weighted by Gasteiger charge is -2.12. The number of nitrogens with zero attached hydrogens (tertiary/aromatic N) is 1. The van der Waals surface area contributed by atoms with Gasteiger partial charge in [0.1, 0.15) is 0 Å². The molecule has 0 fully saturated rings. The van der Waals surface area contributed by atoms with Crippen molar-refractivity contribution in [2.75, 3.05) is 7.11 Å². The van der Waals surface area contributed by atoms with Crippen molar-refractivity contribution < 1.29 is 9.47 Å². The Labute approximate surface area is 105 Å². The van der Waals surface area contributed by atoms with Crippen molar-refractivity contribution in [3.63, 3.8) is 0 Å². The number of fused-ring (bicyclic) bond motifs is 1. The molecule has 0 saturated carbocycles. The Hall–Kier alpha value is -1.48. The predicted octanol–water partition coefficient (Wildman–Crippen LogP) is 3.68. The van der Waals surface area contributed by atoms with Crippen LogP contribution in [0, 0.1) is 0 Å².